The molecule has 9 fully saturated rings. The quantitative estimate of drug-likeness (QED) is 0.375. The average Bonchev–Trinajstić information content (AvgIpc) is 2.78. The van der Waals surface area contributed by atoms with E-state index in [4.69, 9.17) is 4.74 Å². The van der Waals surface area contributed by atoms with Crippen LogP contribution in [0.3, 0.4) is 0 Å². The summed E-state index contributed by atoms with van der Waals surface area (Å²) in [5, 5.41) is 0. The number of hydrogen-bond acceptors (Lipinski definition) is 2. The maximum atomic E-state index is 12.8. The van der Waals surface area contributed by atoms with Crippen LogP contribution in [0.1, 0.15) is 121 Å². The maximum Gasteiger partial charge on any atom is 0.305 e. The molecule has 0 heterocycles. The van der Waals surface area contributed by atoms with Crippen LogP contribution in [0.2, 0.25) is 0 Å². The van der Waals surface area contributed by atoms with E-state index < -0.39 is 0 Å². The Labute approximate surface area is 216 Å². The smallest absolute Gasteiger partial charge is 0.305 e. The number of fused-ring (bicyclic) bond motifs is 8. The van der Waals surface area contributed by atoms with Gasteiger partial charge in [-0.25, -0.2) is 0 Å². The van der Waals surface area contributed by atoms with Crippen molar-refractivity contribution in [2.24, 2.45) is 73.9 Å². The van der Waals surface area contributed by atoms with Gasteiger partial charge in [0.15, 0.2) is 0 Å². The molecular formula is C33H54O2. The van der Waals surface area contributed by atoms with Crippen molar-refractivity contribution < 1.29 is 9.53 Å². The molecule has 198 valence electrons. The summed E-state index contributed by atoms with van der Waals surface area (Å²) in [7, 11) is 0. The van der Waals surface area contributed by atoms with Gasteiger partial charge in [0, 0.05) is 11.8 Å². The van der Waals surface area contributed by atoms with Gasteiger partial charge in [-0.3, -0.25) is 4.79 Å². The van der Waals surface area contributed by atoms with Crippen LogP contribution in [-0.2, 0) is 9.53 Å². The SMILES string of the molecule is CCC(=O)OC1CC2CC(C2(C)C)C1(C)C1(C)C2CC(CC1C1(C)CCC3CC1C3(C)C)C2(C)C. The van der Waals surface area contributed by atoms with Gasteiger partial charge in [0.2, 0.25) is 0 Å². The first-order valence-corrected chi connectivity index (χ1v) is 15.3. The molecule has 0 aromatic carbocycles. The summed E-state index contributed by atoms with van der Waals surface area (Å²) < 4.78 is 6.51. The Morgan fingerprint density at radius 2 is 1.14 bits per heavy atom. The Balaban J connectivity index is 1.50. The lowest BCUT2D eigenvalue weighted by molar-refractivity contribution is -0.346. The molecule has 0 saturated heterocycles. The summed E-state index contributed by atoms with van der Waals surface area (Å²) in [6.07, 6.45) is 10.1. The van der Waals surface area contributed by atoms with Crippen molar-refractivity contribution in [2.75, 3.05) is 0 Å². The van der Waals surface area contributed by atoms with Crippen LogP contribution >= 0.6 is 0 Å². The molecule has 9 aliphatic carbocycles. The number of carbonyl (C=O) groups excluding carboxylic acids is 1. The van der Waals surface area contributed by atoms with Crippen LogP contribution < -0.4 is 0 Å². The molecule has 9 aliphatic rings. The Hall–Kier alpha value is -0.530. The van der Waals surface area contributed by atoms with Gasteiger partial charge in [0.05, 0.1) is 0 Å². The van der Waals surface area contributed by atoms with Crippen molar-refractivity contribution >= 4 is 5.97 Å². The third kappa shape index (κ3) is 2.62. The van der Waals surface area contributed by atoms with Gasteiger partial charge >= 0.3 is 5.97 Å². The van der Waals surface area contributed by atoms with Crippen LogP contribution in [0.4, 0.5) is 0 Å². The molecule has 9 rings (SSSR count). The van der Waals surface area contributed by atoms with Gasteiger partial charge < -0.3 is 4.74 Å². The molecule has 2 nitrogen and oxygen atoms in total. The minimum Gasteiger partial charge on any atom is -0.462 e. The fourth-order valence-corrected chi connectivity index (χ4v) is 12.9. The summed E-state index contributed by atoms with van der Waals surface area (Å²) in [4.78, 5) is 12.8. The Bertz CT molecular complexity index is 927. The number of carbonyl (C=O) groups is 1. The minimum atomic E-state index is 0.0221. The number of esters is 1. The molecule has 0 radical (unpaired) electrons. The first-order valence-electron chi connectivity index (χ1n) is 15.3. The van der Waals surface area contributed by atoms with Crippen molar-refractivity contribution in [3.63, 3.8) is 0 Å². The lowest BCUT2D eigenvalue weighted by Crippen LogP contribution is -2.77. The fourth-order valence-electron chi connectivity index (χ4n) is 12.9. The number of ether oxygens (including phenoxy) is 1. The lowest BCUT2D eigenvalue weighted by atomic mass is 9.23. The molecule has 6 bridgehead atoms. The molecule has 2 heteroatoms. The summed E-state index contributed by atoms with van der Waals surface area (Å²) >= 11 is 0. The van der Waals surface area contributed by atoms with Crippen molar-refractivity contribution in [2.45, 2.75) is 127 Å². The lowest BCUT2D eigenvalue weighted by Gasteiger charge is -2.81. The number of hydrogen-bond donors (Lipinski definition) is 0. The molecular weight excluding hydrogens is 428 g/mol. The second-order valence-electron chi connectivity index (χ2n) is 16.9. The zero-order chi connectivity index (χ0) is 25.6. The summed E-state index contributed by atoms with van der Waals surface area (Å²) in [6.45, 7) is 25.5. The molecule has 0 spiro atoms. The minimum absolute atomic E-state index is 0.0221. The fraction of sp³-hybridized carbons (Fsp3) is 0.970. The molecule has 0 N–H and O–H groups in total. The Kier molecular flexibility index (Phi) is 4.89. The van der Waals surface area contributed by atoms with Crippen molar-refractivity contribution in [3.8, 4) is 0 Å². The van der Waals surface area contributed by atoms with Gasteiger partial charge in [-0.15, -0.1) is 0 Å². The van der Waals surface area contributed by atoms with E-state index in [9.17, 15) is 4.79 Å². The van der Waals surface area contributed by atoms with Crippen LogP contribution in [0.25, 0.3) is 0 Å². The highest BCUT2D eigenvalue weighted by molar-refractivity contribution is 5.69. The van der Waals surface area contributed by atoms with Gasteiger partial charge in [0.1, 0.15) is 6.10 Å². The predicted molar refractivity (Wildman–Crippen MR) is 143 cm³/mol. The Morgan fingerprint density at radius 1 is 0.657 bits per heavy atom. The van der Waals surface area contributed by atoms with Gasteiger partial charge in [0.25, 0.3) is 0 Å². The van der Waals surface area contributed by atoms with E-state index in [-0.39, 0.29) is 22.9 Å². The van der Waals surface area contributed by atoms with Gasteiger partial charge in [-0.2, -0.15) is 0 Å². The second kappa shape index (κ2) is 6.91. The summed E-state index contributed by atoms with van der Waals surface area (Å²) in [5.41, 5.74) is 1.91. The monoisotopic (exact) mass is 482 g/mol. The highest BCUT2D eigenvalue weighted by Gasteiger charge is 2.79. The van der Waals surface area contributed by atoms with E-state index in [1.165, 1.54) is 38.5 Å². The van der Waals surface area contributed by atoms with Crippen molar-refractivity contribution in [3.05, 3.63) is 0 Å². The molecule has 11 atom stereocenters. The predicted octanol–water partition coefficient (Wildman–Crippen LogP) is 8.53. The van der Waals surface area contributed by atoms with E-state index >= 15 is 0 Å². The molecule has 0 amide bonds. The van der Waals surface area contributed by atoms with E-state index in [1.807, 2.05) is 6.92 Å². The van der Waals surface area contributed by atoms with E-state index in [2.05, 4.69) is 62.3 Å². The normalized spacial score (nSPS) is 56.2. The highest BCUT2D eigenvalue weighted by Crippen LogP contribution is 2.83. The molecule has 35 heavy (non-hydrogen) atoms. The topological polar surface area (TPSA) is 26.3 Å². The molecule has 9 saturated carbocycles. The second-order valence-corrected chi connectivity index (χ2v) is 16.9. The van der Waals surface area contributed by atoms with Crippen molar-refractivity contribution in [1.29, 1.82) is 0 Å². The van der Waals surface area contributed by atoms with Gasteiger partial charge in [-0.05, 0) is 113 Å². The Morgan fingerprint density at radius 3 is 1.66 bits per heavy atom. The van der Waals surface area contributed by atoms with Gasteiger partial charge in [-0.1, -0.05) is 69.2 Å². The summed E-state index contributed by atoms with van der Waals surface area (Å²) in [5.74, 6) is 5.51. The molecule has 0 aromatic heterocycles. The first kappa shape index (κ1) is 24.8. The zero-order valence-corrected chi connectivity index (χ0v) is 24.6. The van der Waals surface area contributed by atoms with Crippen LogP contribution in [-0.4, -0.2) is 12.1 Å². The summed E-state index contributed by atoms with van der Waals surface area (Å²) in [6, 6.07) is 0. The maximum absolute atomic E-state index is 12.8. The number of rotatable bonds is 4. The third-order valence-electron chi connectivity index (χ3n) is 15.6. The van der Waals surface area contributed by atoms with E-state index in [1.54, 1.807) is 0 Å². The highest BCUT2D eigenvalue weighted by atomic mass is 16.5. The standard InChI is InChI=1S/C33H54O2/c1-11-27(34)35-26-18-21-16-24(30(21,6)7)33(26,10)32(9)23-15-20(29(23,4)5)17-25(32)31(8)13-12-19-14-22(31)28(19,2)3/h19-26H,11-18H2,1-10H3. The van der Waals surface area contributed by atoms with Crippen molar-refractivity contribution in [1.82, 2.24) is 0 Å². The molecule has 11 unspecified atom stereocenters. The van der Waals surface area contributed by atoms with E-state index in [0.29, 0.717) is 39.9 Å². The van der Waals surface area contributed by atoms with Crippen LogP contribution in [0, 0.1) is 73.9 Å². The molecule has 0 aliphatic heterocycles. The van der Waals surface area contributed by atoms with E-state index in [0.717, 1.165) is 36.0 Å². The molecule has 0 aromatic rings. The average molecular weight is 483 g/mol. The zero-order valence-electron chi connectivity index (χ0n) is 24.6. The first-order chi connectivity index (χ1) is 16.1. The van der Waals surface area contributed by atoms with Crippen LogP contribution in [0.5, 0.6) is 0 Å². The van der Waals surface area contributed by atoms with Crippen LogP contribution in [0.15, 0.2) is 0 Å². The third-order valence-corrected chi connectivity index (χ3v) is 15.6. The largest absolute Gasteiger partial charge is 0.462 e.